The van der Waals surface area contributed by atoms with Crippen LogP contribution in [0.2, 0.25) is 0 Å². The van der Waals surface area contributed by atoms with Crippen LogP contribution in [0.15, 0.2) is 0 Å². The van der Waals surface area contributed by atoms with Crippen molar-refractivity contribution in [2.75, 3.05) is 7.11 Å². The molecule has 1 aromatic heterocycles. The second kappa shape index (κ2) is 6.12. The van der Waals surface area contributed by atoms with E-state index < -0.39 is 0 Å². The number of aromatic nitrogens is 1. The molecule has 2 saturated carbocycles. The lowest BCUT2D eigenvalue weighted by atomic mass is 9.85. The van der Waals surface area contributed by atoms with E-state index in [0.29, 0.717) is 0 Å². The number of nitrogens with one attached hydrogen (secondary N) is 1. The first-order chi connectivity index (χ1) is 9.77. The predicted molar refractivity (Wildman–Crippen MR) is 83.1 cm³/mol. The van der Waals surface area contributed by atoms with E-state index in [1.807, 2.05) is 18.4 Å². The zero-order valence-corrected chi connectivity index (χ0v) is 13.5. The van der Waals surface area contributed by atoms with Gasteiger partial charge in [-0.05, 0) is 32.1 Å². The van der Waals surface area contributed by atoms with Crippen molar-refractivity contribution < 1.29 is 4.74 Å². The number of aryl methyl sites for hydroxylation is 1. The molecule has 1 aromatic rings. The monoisotopic (exact) mass is 294 g/mol. The van der Waals surface area contributed by atoms with Crippen LogP contribution in [0.25, 0.3) is 0 Å². The Bertz CT molecular complexity index is 447. The summed E-state index contributed by atoms with van der Waals surface area (Å²) < 4.78 is 5.94. The van der Waals surface area contributed by atoms with Gasteiger partial charge in [0, 0.05) is 24.6 Å². The van der Waals surface area contributed by atoms with Crippen molar-refractivity contribution in [2.24, 2.45) is 0 Å². The fourth-order valence-electron chi connectivity index (χ4n) is 3.15. The minimum Gasteiger partial charge on any atom is -0.371 e. The van der Waals surface area contributed by atoms with Gasteiger partial charge in [-0.15, -0.1) is 11.3 Å². The third kappa shape index (κ3) is 2.92. The van der Waals surface area contributed by atoms with E-state index in [0.717, 1.165) is 31.8 Å². The molecule has 3 nitrogen and oxygen atoms in total. The fraction of sp³-hybridized carbons (Fsp3) is 0.812. The molecule has 20 heavy (non-hydrogen) atoms. The summed E-state index contributed by atoms with van der Waals surface area (Å²) in [6, 6.07) is 0.760. The predicted octanol–water partition coefficient (Wildman–Crippen LogP) is 3.76. The summed E-state index contributed by atoms with van der Waals surface area (Å²) in [7, 11) is 1.86. The normalized spacial score (nSPS) is 22.1. The molecule has 4 heteroatoms. The molecule has 2 aliphatic carbocycles. The van der Waals surface area contributed by atoms with Crippen molar-refractivity contribution in [1.82, 2.24) is 10.3 Å². The van der Waals surface area contributed by atoms with Gasteiger partial charge in [0.25, 0.3) is 0 Å². The lowest BCUT2D eigenvalue weighted by molar-refractivity contribution is -0.0447. The SMILES string of the molecule is CCc1nc(C2(OC)CCCCC2)sc1CNC1CC1. The molecule has 112 valence electrons. The van der Waals surface area contributed by atoms with Gasteiger partial charge in [0.1, 0.15) is 10.6 Å². The Morgan fingerprint density at radius 3 is 2.65 bits per heavy atom. The third-order valence-electron chi connectivity index (χ3n) is 4.68. The van der Waals surface area contributed by atoms with Crippen molar-refractivity contribution >= 4 is 11.3 Å². The fourth-order valence-corrected chi connectivity index (χ4v) is 4.47. The van der Waals surface area contributed by atoms with Crippen molar-refractivity contribution in [2.45, 2.75) is 76.5 Å². The zero-order valence-electron chi connectivity index (χ0n) is 12.7. The van der Waals surface area contributed by atoms with Gasteiger partial charge in [-0.3, -0.25) is 0 Å². The van der Waals surface area contributed by atoms with Crippen LogP contribution in [-0.2, 0) is 23.3 Å². The molecule has 0 amide bonds. The minimum absolute atomic E-state index is 0.0926. The number of ether oxygens (including phenoxy) is 1. The number of methoxy groups -OCH3 is 1. The summed E-state index contributed by atoms with van der Waals surface area (Å²) >= 11 is 1.89. The average molecular weight is 294 g/mol. The molecule has 0 atom stereocenters. The topological polar surface area (TPSA) is 34.1 Å². The van der Waals surface area contributed by atoms with Crippen LogP contribution < -0.4 is 5.32 Å². The van der Waals surface area contributed by atoms with E-state index in [1.54, 1.807) is 0 Å². The second-order valence-electron chi connectivity index (χ2n) is 6.16. The van der Waals surface area contributed by atoms with Crippen LogP contribution in [0.5, 0.6) is 0 Å². The number of rotatable bonds is 6. The maximum absolute atomic E-state index is 5.94. The Kier molecular flexibility index (Phi) is 4.43. The quantitative estimate of drug-likeness (QED) is 0.867. The Morgan fingerprint density at radius 1 is 1.30 bits per heavy atom. The molecule has 2 fully saturated rings. The van der Waals surface area contributed by atoms with E-state index in [1.165, 1.54) is 47.7 Å². The summed E-state index contributed by atoms with van der Waals surface area (Å²) in [5.41, 5.74) is 1.19. The van der Waals surface area contributed by atoms with Gasteiger partial charge < -0.3 is 10.1 Å². The molecule has 0 spiro atoms. The maximum atomic E-state index is 5.94. The Hall–Kier alpha value is -0.450. The molecule has 0 unspecified atom stereocenters. The zero-order chi connectivity index (χ0) is 14.0. The molecule has 0 aliphatic heterocycles. The molecule has 1 heterocycles. The van der Waals surface area contributed by atoms with Crippen LogP contribution in [0.3, 0.4) is 0 Å². The largest absolute Gasteiger partial charge is 0.371 e. The van der Waals surface area contributed by atoms with Gasteiger partial charge in [0.05, 0.1) is 5.69 Å². The summed E-state index contributed by atoms with van der Waals surface area (Å²) in [6.45, 7) is 3.20. The third-order valence-corrected chi connectivity index (χ3v) is 5.97. The first-order valence-electron chi connectivity index (χ1n) is 8.05. The molecule has 3 rings (SSSR count). The summed E-state index contributed by atoms with van der Waals surface area (Å²) in [4.78, 5) is 6.37. The molecule has 0 radical (unpaired) electrons. The molecule has 2 aliphatic rings. The highest BCUT2D eigenvalue weighted by molar-refractivity contribution is 7.11. The second-order valence-corrected chi connectivity index (χ2v) is 7.24. The van der Waals surface area contributed by atoms with E-state index >= 15 is 0 Å². The summed E-state index contributed by atoms with van der Waals surface area (Å²) in [5.74, 6) is 0. The Labute approximate surface area is 126 Å². The molecule has 0 aromatic carbocycles. The highest BCUT2D eigenvalue weighted by atomic mass is 32.1. The van der Waals surface area contributed by atoms with Gasteiger partial charge in [-0.2, -0.15) is 0 Å². The molecule has 1 N–H and O–H groups in total. The van der Waals surface area contributed by atoms with Gasteiger partial charge in [-0.25, -0.2) is 4.98 Å². The smallest absolute Gasteiger partial charge is 0.125 e. The molecular formula is C16H26N2OS. The molecular weight excluding hydrogens is 268 g/mol. The Balaban J connectivity index is 1.80. The van der Waals surface area contributed by atoms with E-state index in [2.05, 4.69) is 12.2 Å². The van der Waals surface area contributed by atoms with Crippen LogP contribution in [0, 0.1) is 0 Å². The van der Waals surface area contributed by atoms with Crippen molar-refractivity contribution in [3.05, 3.63) is 15.6 Å². The maximum Gasteiger partial charge on any atom is 0.125 e. The summed E-state index contributed by atoms with van der Waals surface area (Å²) in [6.07, 6.45) is 9.86. The van der Waals surface area contributed by atoms with E-state index in [4.69, 9.17) is 9.72 Å². The number of hydrogen-bond donors (Lipinski definition) is 1. The van der Waals surface area contributed by atoms with Gasteiger partial charge in [-0.1, -0.05) is 26.2 Å². The van der Waals surface area contributed by atoms with E-state index in [9.17, 15) is 0 Å². The number of hydrogen-bond acceptors (Lipinski definition) is 4. The first-order valence-corrected chi connectivity index (χ1v) is 8.86. The molecule has 0 saturated heterocycles. The van der Waals surface area contributed by atoms with Gasteiger partial charge >= 0.3 is 0 Å². The van der Waals surface area contributed by atoms with Gasteiger partial charge in [0.2, 0.25) is 0 Å². The minimum atomic E-state index is -0.0926. The van der Waals surface area contributed by atoms with Crippen LogP contribution in [0.1, 0.15) is 67.4 Å². The standard InChI is InChI=1S/C16H26N2OS/c1-3-13-14(11-17-12-7-8-12)20-15(18-13)16(19-2)9-5-4-6-10-16/h12,17H,3-11H2,1-2H3. The lowest BCUT2D eigenvalue weighted by Gasteiger charge is -2.34. The van der Waals surface area contributed by atoms with Crippen LogP contribution >= 0.6 is 11.3 Å². The molecule has 0 bridgehead atoms. The van der Waals surface area contributed by atoms with Crippen LogP contribution in [0.4, 0.5) is 0 Å². The van der Waals surface area contributed by atoms with Crippen molar-refractivity contribution in [1.29, 1.82) is 0 Å². The number of thiazole rings is 1. The summed E-state index contributed by atoms with van der Waals surface area (Å²) in [5, 5.41) is 4.85. The average Bonchev–Trinajstić information content (AvgIpc) is 3.24. The van der Waals surface area contributed by atoms with Gasteiger partial charge in [0.15, 0.2) is 0 Å². The Morgan fingerprint density at radius 2 is 2.05 bits per heavy atom. The van der Waals surface area contributed by atoms with E-state index in [-0.39, 0.29) is 5.60 Å². The van der Waals surface area contributed by atoms with Crippen molar-refractivity contribution in [3.8, 4) is 0 Å². The van der Waals surface area contributed by atoms with Crippen LogP contribution in [-0.4, -0.2) is 18.1 Å². The number of nitrogens with zero attached hydrogens (tertiary/aromatic N) is 1. The lowest BCUT2D eigenvalue weighted by Crippen LogP contribution is -2.31. The van der Waals surface area contributed by atoms with Crippen molar-refractivity contribution in [3.63, 3.8) is 0 Å². The highest BCUT2D eigenvalue weighted by Crippen LogP contribution is 2.42. The highest BCUT2D eigenvalue weighted by Gasteiger charge is 2.37. The first kappa shape index (κ1) is 14.5.